The fourth-order valence-electron chi connectivity index (χ4n) is 2.91. The second kappa shape index (κ2) is 12.8. The molecular formula is C19H31IN4O3. The first-order valence-corrected chi connectivity index (χ1v) is 9.12. The third kappa shape index (κ3) is 7.92. The van der Waals surface area contributed by atoms with Gasteiger partial charge in [0.2, 0.25) is 5.91 Å². The van der Waals surface area contributed by atoms with Crippen molar-refractivity contribution in [1.82, 2.24) is 15.5 Å². The number of carbonyl (C=O) groups excluding carboxylic acids is 1. The van der Waals surface area contributed by atoms with Crippen LogP contribution in [-0.4, -0.2) is 63.2 Å². The van der Waals surface area contributed by atoms with Gasteiger partial charge in [-0.25, -0.2) is 0 Å². The minimum absolute atomic E-state index is 0. The number of halogens is 1. The van der Waals surface area contributed by atoms with Gasteiger partial charge in [0.05, 0.1) is 20.3 Å². The molecule has 0 saturated carbocycles. The van der Waals surface area contributed by atoms with Gasteiger partial charge in [0, 0.05) is 39.1 Å². The Bertz CT molecular complexity index is 612. The SMILES string of the molecule is CCC(=O)N1CCC(NC(=NC)NCCOCc2cccc(OC)c2)C1.I. The summed E-state index contributed by atoms with van der Waals surface area (Å²) in [5, 5.41) is 6.62. The second-order valence-corrected chi connectivity index (χ2v) is 6.23. The van der Waals surface area contributed by atoms with Crippen molar-refractivity contribution in [3.05, 3.63) is 29.8 Å². The van der Waals surface area contributed by atoms with E-state index < -0.39 is 0 Å². The van der Waals surface area contributed by atoms with Crippen LogP contribution in [0.15, 0.2) is 29.3 Å². The molecule has 8 heteroatoms. The van der Waals surface area contributed by atoms with Crippen molar-refractivity contribution in [3.8, 4) is 5.75 Å². The summed E-state index contributed by atoms with van der Waals surface area (Å²) >= 11 is 0. The maximum Gasteiger partial charge on any atom is 0.222 e. The zero-order valence-electron chi connectivity index (χ0n) is 16.4. The van der Waals surface area contributed by atoms with E-state index in [9.17, 15) is 4.79 Å². The van der Waals surface area contributed by atoms with E-state index in [1.807, 2.05) is 36.1 Å². The van der Waals surface area contributed by atoms with E-state index in [0.717, 1.165) is 36.8 Å². The van der Waals surface area contributed by atoms with E-state index in [4.69, 9.17) is 9.47 Å². The van der Waals surface area contributed by atoms with Gasteiger partial charge in [0.15, 0.2) is 5.96 Å². The molecule has 1 fully saturated rings. The molecule has 1 heterocycles. The van der Waals surface area contributed by atoms with Crippen molar-refractivity contribution in [2.24, 2.45) is 4.99 Å². The van der Waals surface area contributed by atoms with Crippen LogP contribution in [0.3, 0.4) is 0 Å². The number of hydrogen-bond acceptors (Lipinski definition) is 4. The summed E-state index contributed by atoms with van der Waals surface area (Å²) in [4.78, 5) is 17.9. The normalized spacial score (nSPS) is 16.6. The Morgan fingerprint density at radius 2 is 2.22 bits per heavy atom. The number of ether oxygens (including phenoxy) is 2. The van der Waals surface area contributed by atoms with Gasteiger partial charge >= 0.3 is 0 Å². The molecule has 2 rings (SSSR count). The summed E-state index contributed by atoms with van der Waals surface area (Å²) in [6, 6.07) is 8.10. The molecule has 1 atom stereocenters. The van der Waals surface area contributed by atoms with Crippen LogP contribution in [0.2, 0.25) is 0 Å². The number of rotatable bonds is 8. The second-order valence-electron chi connectivity index (χ2n) is 6.23. The predicted octanol–water partition coefficient (Wildman–Crippen LogP) is 2.01. The average Bonchev–Trinajstić information content (AvgIpc) is 3.14. The zero-order chi connectivity index (χ0) is 18.8. The number of nitrogens with zero attached hydrogens (tertiary/aromatic N) is 2. The molecule has 0 bridgehead atoms. The van der Waals surface area contributed by atoms with Gasteiger partial charge in [-0.1, -0.05) is 19.1 Å². The smallest absolute Gasteiger partial charge is 0.222 e. The molecule has 1 saturated heterocycles. The number of likely N-dealkylation sites (tertiary alicyclic amines) is 1. The molecule has 1 aliphatic heterocycles. The van der Waals surface area contributed by atoms with Crippen molar-refractivity contribution in [1.29, 1.82) is 0 Å². The molecular weight excluding hydrogens is 459 g/mol. The number of amides is 1. The van der Waals surface area contributed by atoms with E-state index in [0.29, 0.717) is 26.2 Å². The minimum atomic E-state index is 0. The number of guanidine groups is 1. The number of benzene rings is 1. The van der Waals surface area contributed by atoms with E-state index >= 15 is 0 Å². The molecule has 152 valence electrons. The summed E-state index contributed by atoms with van der Waals surface area (Å²) in [6.07, 6.45) is 1.50. The lowest BCUT2D eigenvalue weighted by Gasteiger charge is -2.18. The Balaban J connectivity index is 0.00000364. The van der Waals surface area contributed by atoms with Crippen molar-refractivity contribution < 1.29 is 14.3 Å². The Labute approximate surface area is 178 Å². The van der Waals surface area contributed by atoms with Crippen molar-refractivity contribution >= 4 is 35.8 Å². The topological polar surface area (TPSA) is 75.2 Å². The first-order valence-electron chi connectivity index (χ1n) is 9.12. The minimum Gasteiger partial charge on any atom is -0.497 e. The van der Waals surface area contributed by atoms with E-state index in [2.05, 4.69) is 15.6 Å². The molecule has 0 spiro atoms. The van der Waals surface area contributed by atoms with E-state index in [-0.39, 0.29) is 35.9 Å². The van der Waals surface area contributed by atoms with Crippen molar-refractivity contribution in [2.75, 3.05) is 40.4 Å². The predicted molar refractivity (Wildman–Crippen MR) is 118 cm³/mol. The molecule has 0 radical (unpaired) electrons. The highest BCUT2D eigenvalue weighted by atomic mass is 127. The molecule has 1 amide bonds. The van der Waals surface area contributed by atoms with Gasteiger partial charge in [0.25, 0.3) is 0 Å². The fourth-order valence-corrected chi connectivity index (χ4v) is 2.91. The van der Waals surface area contributed by atoms with Crippen molar-refractivity contribution in [2.45, 2.75) is 32.4 Å². The zero-order valence-corrected chi connectivity index (χ0v) is 18.7. The molecule has 0 aliphatic carbocycles. The molecule has 1 unspecified atom stereocenters. The summed E-state index contributed by atoms with van der Waals surface area (Å²) in [7, 11) is 3.40. The number of carbonyl (C=O) groups is 1. The molecule has 1 aromatic carbocycles. The van der Waals surface area contributed by atoms with E-state index in [1.54, 1.807) is 14.2 Å². The molecule has 2 N–H and O–H groups in total. The van der Waals surface area contributed by atoms with Crippen LogP contribution in [0.25, 0.3) is 0 Å². The van der Waals surface area contributed by atoms with Crippen molar-refractivity contribution in [3.63, 3.8) is 0 Å². The number of methoxy groups -OCH3 is 1. The first kappa shape index (κ1) is 23.5. The maximum atomic E-state index is 11.7. The van der Waals surface area contributed by atoms with Crippen LogP contribution in [0, 0.1) is 0 Å². The highest BCUT2D eigenvalue weighted by molar-refractivity contribution is 14.0. The summed E-state index contributed by atoms with van der Waals surface area (Å²) < 4.78 is 10.9. The lowest BCUT2D eigenvalue weighted by molar-refractivity contribution is -0.129. The Kier molecular flexibility index (Phi) is 11.1. The lowest BCUT2D eigenvalue weighted by atomic mass is 10.2. The fraction of sp³-hybridized carbons (Fsp3) is 0.579. The van der Waals surface area contributed by atoms with Crippen LogP contribution >= 0.6 is 24.0 Å². The Hall–Kier alpha value is -1.55. The molecule has 1 aliphatic rings. The van der Waals surface area contributed by atoms with Crippen LogP contribution in [0.4, 0.5) is 0 Å². The average molecular weight is 490 g/mol. The van der Waals surface area contributed by atoms with Crippen LogP contribution in [0.5, 0.6) is 5.75 Å². The summed E-state index contributed by atoms with van der Waals surface area (Å²) in [5.41, 5.74) is 1.08. The van der Waals surface area contributed by atoms with Gasteiger partial charge in [0.1, 0.15) is 5.75 Å². The molecule has 27 heavy (non-hydrogen) atoms. The van der Waals surface area contributed by atoms with Crippen LogP contribution < -0.4 is 15.4 Å². The van der Waals surface area contributed by atoms with Gasteiger partial charge < -0.3 is 25.0 Å². The lowest BCUT2D eigenvalue weighted by Crippen LogP contribution is -2.45. The number of aliphatic imine (C=N–C) groups is 1. The molecule has 7 nitrogen and oxygen atoms in total. The Morgan fingerprint density at radius 3 is 2.93 bits per heavy atom. The monoisotopic (exact) mass is 490 g/mol. The molecule has 0 aromatic heterocycles. The quantitative estimate of drug-likeness (QED) is 0.253. The van der Waals surface area contributed by atoms with Gasteiger partial charge in [-0.15, -0.1) is 24.0 Å². The van der Waals surface area contributed by atoms with Crippen LogP contribution in [-0.2, 0) is 16.1 Å². The Morgan fingerprint density at radius 1 is 1.41 bits per heavy atom. The first-order chi connectivity index (χ1) is 12.7. The van der Waals surface area contributed by atoms with Crippen LogP contribution in [0.1, 0.15) is 25.3 Å². The number of nitrogens with one attached hydrogen (secondary N) is 2. The highest BCUT2D eigenvalue weighted by Crippen LogP contribution is 2.13. The summed E-state index contributed by atoms with van der Waals surface area (Å²) in [6.45, 7) is 5.22. The maximum absolute atomic E-state index is 11.7. The molecule has 1 aromatic rings. The van der Waals surface area contributed by atoms with Gasteiger partial charge in [-0.2, -0.15) is 0 Å². The number of hydrogen-bond donors (Lipinski definition) is 2. The highest BCUT2D eigenvalue weighted by Gasteiger charge is 2.25. The summed E-state index contributed by atoms with van der Waals surface area (Å²) in [5.74, 6) is 1.79. The van der Waals surface area contributed by atoms with E-state index in [1.165, 1.54) is 0 Å². The van der Waals surface area contributed by atoms with Gasteiger partial charge in [-0.05, 0) is 24.1 Å². The van der Waals surface area contributed by atoms with Gasteiger partial charge in [-0.3, -0.25) is 9.79 Å². The largest absolute Gasteiger partial charge is 0.497 e. The standard InChI is InChI=1S/C19H30N4O3.HI/c1-4-18(24)23-10-8-16(13-23)22-19(20-2)21-9-11-26-14-15-6-5-7-17(12-15)25-3;/h5-7,12,16H,4,8-11,13-14H2,1-3H3,(H2,20,21,22);1H. The third-order valence-electron chi connectivity index (χ3n) is 4.35. The third-order valence-corrected chi connectivity index (χ3v) is 4.35.